The highest BCUT2D eigenvalue weighted by Gasteiger charge is 2.29. The summed E-state index contributed by atoms with van der Waals surface area (Å²) in [6, 6.07) is 6.80. The molecule has 0 aliphatic carbocycles. The van der Waals surface area contributed by atoms with Crippen LogP contribution in [0.3, 0.4) is 0 Å². The molecule has 2 aliphatic heterocycles. The Morgan fingerprint density at radius 1 is 1.03 bits per heavy atom. The number of piperidine rings is 1. The summed E-state index contributed by atoms with van der Waals surface area (Å²) >= 11 is 6.93. The highest BCUT2D eigenvalue weighted by molar-refractivity contribution is 7.15. The third-order valence-corrected chi connectivity index (χ3v) is 7.66. The lowest BCUT2D eigenvalue weighted by Gasteiger charge is -2.36. The van der Waals surface area contributed by atoms with Crippen LogP contribution in [0.1, 0.15) is 52.2 Å². The van der Waals surface area contributed by atoms with Gasteiger partial charge in [0.15, 0.2) is 0 Å². The number of aromatic nitrogens is 2. The zero-order valence-corrected chi connectivity index (χ0v) is 21.5. The van der Waals surface area contributed by atoms with Crippen molar-refractivity contribution in [2.45, 2.75) is 32.6 Å². The number of anilines is 1. The van der Waals surface area contributed by atoms with E-state index in [4.69, 9.17) is 11.6 Å². The van der Waals surface area contributed by atoms with Gasteiger partial charge in [-0.1, -0.05) is 35.9 Å². The maximum Gasteiger partial charge on any atom is 0.286 e. The van der Waals surface area contributed by atoms with Gasteiger partial charge in [-0.05, 0) is 49.9 Å². The van der Waals surface area contributed by atoms with Crippen molar-refractivity contribution in [1.82, 2.24) is 24.9 Å². The monoisotopic (exact) mass is 518 g/mol. The molecule has 9 nitrogen and oxygen atoms in total. The normalized spacial score (nSPS) is 17.4. The Bertz CT molecular complexity index is 1050. The summed E-state index contributed by atoms with van der Waals surface area (Å²) in [5, 5.41) is 11.4. The molecule has 0 bridgehead atoms. The van der Waals surface area contributed by atoms with Crippen LogP contribution in [0.2, 0.25) is 5.02 Å². The maximum atomic E-state index is 12.9. The molecule has 4 rings (SSSR count). The molecular formula is C24H31ClN6O3S. The number of nitrogens with zero attached hydrogens (tertiary/aromatic N) is 5. The Kier molecular flexibility index (Phi) is 8.69. The number of hydrogen-bond acceptors (Lipinski definition) is 7. The lowest BCUT2D eigenvalue weighted by molar-refractivity contribution is -0.134. The molecule has 0 spiro atoms. The van der Waals surface area contributed by atoms with Gasteiger partial charge in [-0.2, -0.15) is 0 Å². The maximum absolute atomic E-state index is 12.9. The van der Waals surface area contributed by atoms with E-state index in [-0.39, 0.29) is 27.7 Å². The average Bonchev–Trinajstić information content (AvgIpc) is 3.35. The van der Waals surface area contributed by atoms with Gasteiger partial charge < -0.3 is 15.1 Å². The van der Waals surface area contributed by atoms with E-state index < -0.39 is 5.91 Å². The van der Waals surface area contributed by atoms with Crippen molar-refractivity contribution in [3.63, 3.8) is 0 Å². The molecule has 0 radical (unpaired) electrons. The van der Waals surface area contributed by atoms with Gasteiger partial charge in [-0.15, -0.1) is 10.2 Å². The first-order valence-electron chi connectivity index (χ1n) is 12.1. The molecule has 2 saturated heterocycles. The first kappa shape index (κ1) is 25.5. The molecule has 188 valence electrons. The molecule has 1 aromatic carbocycles. The van der Waals surface area contributed by atoms with Gasteiger partial charge in [-0.25, -0.2) is 0 Å². The van der Waals surface area contributed by atoms with E-state index in [9.17, 15) is 14.4 Å². The van der Waals surface area contributed by atoms with Crippen molar-refractivity contribution in [1.29, 1.82) is 0 Å². The van der Waals surface area contributed by atoms with Crippen molar-refractivity contribution in [2.75, 3.05) is 51.1 Å². The largest absolute Gasteiger partial charge is 0.340 e. The van der Waals surface area contributed by atoms with E-state index in [1.54, 1.807) is 29.2 Å². The fourth-order valence-electron chi connectivity index (χ4n) is 4.54. The summed E-state index contributed by atoms with van der Waals surface area (Å²) in [7, 11) is 0. The quantitative estimate of drug-likeness (QED) is 0.604. The lowest BCUT2D eigenvalue weighted by Crippen LogP contribution is -2.49. The van der Waals surface area contributed by atoms with Crippen LogP contribution < -0.4 is 5.32 Å². The minimum atomic E-state index is -0.434. The van der Waals surface area contributed by atoms with Crippen molar-refractivity contribution >= 4 is 46.3 Å². The first-order valence-corrected chi connectivity index (χ1v) is 13.3. The number of rotatable bonds is 7. The van der Waals surface area contributed by atoms with E-state index in [0.29, 0.717) is 30.2 Å². The van der Waals surface area contributed by atoms with Crippen LogP contribution in [0, 0.1) is 5.92 Å². The predicted molar refractivity (Wildman–Crippen MR) is 136 cm³/mol. The second kappa shape index (κ2) is 11.9. The highest BCUT2D eigenvalue weighted by atomic mass is 35.5. The van der Waals surface area contributed by atoms with Crippen LogP contribution in [-0.2, 0) is 4.79 Å². The van der Waals surface area contributed by atoms with E-state index in [2.05, 4.69) is 27.3 Å². The number of benzene rings is 1. The van der Waals surface area contributed by atoms with E-state index >= 15 is 0 Å². The third-order valence-electron chi connectivity index (χ3n) is 6.51. The first-order chi connectivity index (χ1) is 16.9. The van der Waals surface area contributed by atoms with E-state index in [1.807, 2.05) is 4.90 Å². The van der Waals surface area contributed by atoms with Crippen molar-refractivity contribution < 1.29 is 14.4 Å². The van der Waals surface area contributed by atoms with Crippen LogP contribution in [0.5, 0.6) is 0 Å². The molecule has 35 heavy (non-hydrogen) atoms. The van der Waals surface area contributed by atoms with Gasteiger partial charge in [-0.3, -0.25) is 19.3 Å². The van der Waals surface area contributed by atoms with Gasteiger partial charge in [0.25, 0.3) is 11.8 Å². The highest BCUT2D eigenvalue weighted by Crippen LogP contribution is 2.24. The molecule has 0 unspecified atom stereocenters. The summed E-state index contributed by atoms with van der Waals surface area (Å²) in [6.07, 6.45) is 3.25. The third kappa shape index (κ3) is 6.77. The second-order valence-corrected chi connectivity index (χ2v) is 10.5. The number of piperazine rings is 1. The molecule has 2 aliphatic rings. The van der Waals surface area contributed by atoms with Crippen molar-refractivity contribution in [2.24, 2.45) is 5.92 Å². The summed E-state index contributed by atoms with van der Waals surface area (Å²) in [5.41, 5.74) is 0.546. The number of carbonyl (C=O) groups excluding carboxylic acids is 3. The molecule has 3 amide bonds. The number of nitrogens with one attached hydrogen (secondary N) is 1. The fraction of sp³-hybridized carbons (Fsp3) is 0.542. The summed E-state index contributed by atoms with van der Waals surface area (Å²) < 4.78 is 0. The smallest absolute Gasteiger partial charge is 0.286 e. The minimum Gasteiger partial charge on any atom is -0.340 e. The SMILES string of the molecule is CCCN1CCN(C(=O)CC2CCN(C(=O)c3nnc(C(=O)Nc4cccc(Cl)c4)s3)CC2)CC1. The molecule has 3 heterocycles. The Morgan fingerprint density at radius 2 is 1.74 bits per heavy atom. The minimum absolute atomic E-state index is 0.118. The summed E-state index contributed by atoms with van der Waals surface area (Å²) in [4.78, 5) is 44.2. The van der Waals surface area contributed by atoms with Crippen LogP contribution in [0.25, 0.3) is 0 Å². The number of carbonyl (C=O) groups is 3. The standard InChI is InChI=1S/C24H31ClN6O3S/c1-2-8-29-11-13-30(14-12-29)20(32)15-17-6-9-31(10-7-17)24(34)23-28-27-22(35-23)21(33)26-19-5-3-4-18(25)16-19/h3-5,16-17H,2,6-15H2,1H3,(H,26,33). The Labute approximate surface area is 214 Å². The molecule has 1 N–H and O–H groups in total. The van der Waals surface area contributed by atoms with Crippen LogP contribution in [0.15, 0.2) is 24.3 Å². The molecule has 2 fully saturated rings. The summed E-state index contributed by atoms with van der Waals surface area (Å²) in [5.74, 6) is -0.142. The number of hydrogen-bond donors (Lipinski definition) is 1. The molecular weight excluding hydrogens is 488 g/mol. The summed E-state index contributed by atoms with van der Waals surface area (Å²) in [6.45, 7) is 7.94. The number of amides is 3. The molecule has 11 heteroatoms. The van der Waals surface area contributed by atoms with Gasteiger partial charge in [0, 0.05) is 56.4 Å². The molecule has 2 aromatic rings. The van der Waals surface area contributed by atoms with Gasteiger partial charge >= 0.3 is 0 Å². The van der Waals surface area contributed by atoms with E-state index in [0.717, 1.165) is 63.3 Å². The van der Waals surface area contributed by atoms with Crippen LogP contribution in [0.4, 0.5) is 5.69 Å². The molecule has 0 saturated carbocycles. The molecule has 0 atom stereocenters. The van der Waals surface area contributed by atoms with Crippen molar-refractivity contribution in [3.8, 4) is 0 Å². The Balaban J connectivity index is 1.23. The van der Waals surface area contributed by atoms with Gasteiger partial charge in [0.2, 0.25) is 15.9 Å². The Morgan fingerprint density at radius 3 is 2.43 bits per heavy atom. The zero-order valence-electron chi connectivity index (χ0n) is 19.9. The molecule has 1 aromatic heterocycles. The predicted octanol–water partition coefficient (Wildman–Crippen LogP) is 3.24. The van der Waals surface area contributed by atoms with Crippen LogP contribution >= 0.6 is 22.9 Å². The van der Waals surface area contributed by atoms with Gasteiger partial charge in [0.05, 0.1) is 0 Å². The van der Waals surface area contributed by atoms with E-state index in [1.165, 1.54) is 0 Å². The fourth-order valence-corrected chi connectivity index (χ4v) is 5.44. The zero-order chi connectivity index (χ0) is 24.8. The lowest BCUT2D eigenvalue weighted by atomic mass is 9.93. The van der Waals surface area contributed by atoms with Gasteiger partial charge in [0.1, 0.15) is 0 Å². The second-order valence-electron chi connectivity index (χ2n) is 9.04. The topological polar surface area (TPSA) is 98.7 Å². The van der Waals surface area contributed by atoms with Crippen molar-refractivity contribution in [3.05, 3.63) is 39.3 Å². The number of likely N-dealkylation sites (tertiary alicyclic amines) is 1. The average molecular weight is 519 g/mol. The number of halogens is 1. The Hall–Kier alpha value is -2.56. The van der Waals surface area contributed by atoms with Crippen LogP contribution in [-0.4, -0.2) is 88.4 Å².